The number of carbonyl (C=O) groups is 1. The van der Waals surface area contributed by atoms with E-state index in [9.17, 15) is 4.79 Å². The summed E-state index contributed by atoms with van der Waals surface area (Å²) in [4.78, 5) is 19.0. The predicted octanol–water partition coefficient (Wildman–Crippen LogP) is 1.69. The molecule has 0 aliphatic carbocycles. The van der Waals surface area contributed by atoms with E-state index < -0.39 is 5.97 Å². The fraction of sp³-hybridized carbons (Fsp3) is 0.545. The van der Waals surface area contributed by atoms with Crippen LogP contribution in [-0.2, 0) is 4.74 Å². The maximum Gasteiger partial charge on any atom is 0.358 e. The largest absolute Gasteiger partial charge is 0.477 e. The monoisotopic (exact) mass is 224 g/mol. The average Bonchev–Trinajstić information content (AvgIpc) is 2.28. The van der Waals surface area contributed by atoms with Gasteiger partial charge in [0.2, 0.25) is 5.88 Å². The summed E-state index contributed by atoms with van der Waals surface area (Å²) in [7, 11) is 1.30. The molecule has 1 aromatic heterocycles. The van der Waals surface area contributed by atoms with E-state index in [4.69, 9.17) is 4.74 Å². The molecule has 5 nitrogen and oxygen atoms in total. The molecule has 0 bridgehead atoms. The zero-order chi connectivity index (χ0) is 12.0. The number of methoxy groups -OCH3 is 1. The minimum Gasteiger partial charge on any atom is -0.477 e. The van der Waals surface area contributed by atoms with Crippen molar-refractivity contribution in [2.45, 2.75) is 20.3 Å². The van der Waals surface area contributed by atoms with Crippen molar-refractivity contribution >= 4 is 5.97 Å². The highest BCUT2D eigenvalue weighted by molar-refractivity contribution is 5.86. The lowest BCUT2D eigenvalue weighted by atomic mass is 10.1. The lowest BCUT2D eigenvalue weighted by Gasteiger charge is -2.07. The highest BCUT2D eigenvalue weighted by atomic mass is 16.5. The maximum absolute atomic E-state index is 11.2. The third-order valence-electron chi connectivity index (χ3n) is 1.95. The fourth-order valence-electron chi connectivity index (χ4n) is 1.02. The number of hydrogen-bond acceptors (Lipinski definition) is 5. The minimum atomic E-state index is -0.512. The van der Waals surface area contributed by atoms with Crippen LogP contribution in [0.15, 0.2) is 12.4 Å². The van der Waals surface area contributed by atoms with Gasteiger partial charge in [-0.2, -0.15) is 0 Å². The van der Waals surface area contributed by atoms with E-state index in [-0.39, 0.29) is 5.69 Å². The second-order valence-corrected chi connectivity index (χ2v) is 3.77. The summed E-state index contributed by atoms with van der Waals surface area (Å²) in [6.45, 7) is 4.79. The van der Waals surface area contributed by atoms with E-state index in [1.165, 1.54) is 19.5 Å². The van der Waals surface area contributed by atoms with Crippen LogP contribution in [0.25, 0.3) is 0 Å². The standard InChI is InChI=1S/C11H16N2O3/c1-8(2)4-5-16-10-7-12-6-9(13-10)11(14)15-3/h6-8H,4-5H2,1-3H3. The first kappa shape index (κ1) is 12.4. The van der Waals surface area contributed by atoms with Gasteiger partial charge in [0.15, 0.2) is 5.69 Å². The summed E-state index contributed by atoms with van der Waals surface area (Å²) in [5.74, 6) is 0.405. The van der Waals surface area contributed by atoms with Crippen molar-refractivity contribution in [1.82, 2.24) is 9.97 Å². The molecule has 5 heteroatoms. The summed E-state index contributed by atoms with van der Waals surface area (Å²) in [6.07, 6.45) is 3.76. The second kappa shape index (κ2) is 6.05. The molecule has 0 amide bonds. The van der Waals surface area contributed by atoms with Gasteiger partial charge in [0.25, 0.3) is 0 Å². The molecule has 88 valence electrons. The van der Waals surface area contributed by atoms with Gasteiger partial charge in [0.05, 0.1) is 26.1 Å². The second-order valence-electron chi connectivity index (χ2n) is 3.77. The fourth-order valence-corrected chi connectivity index (χ4v) is 1.02. The van der Waals surface area contributed by atoms with E-state index in [0.717, 1.165) is 6.42 Å². The molecule has 1 rings (SSSR count). The molecule has 0 radical (unpaired) electrons. The van der Waals surface area contributed by atoms with Crippen molar-refractivity contribution in [3.63, 3.8) is 0 Å². The molecular formula is C11H16N2O3. The quantitative estimate of drug-likeness (QED) is 0.712. The molecule has 0 atom stereocenters. The van der Waals surface area contributed by atoms with Crippen LogP contribution < -0.4 is 4.74 Å². The molecule has 0 unspecified atom stereocenters. The Bertz CT molecular complexity index is 353. The Morgan fingerprint density at radius 3 is 2.81 bits per heavy atom. The molecule has 0 aromatic carbocycles. The Hall–Kier alpha value is -1.65. The molecule has 0 saturated carbocycles. The molecule has 16 heavy (non-hydrogen) atoms. The third-order valence-corrected chi connectivity index (χ3v) is 1.95. The first-order valence-electron chi connectivity index (χ1n) is 5.16. The molecule has 0 spiro atoms. The summed E-state index contributed by atoms with van der Waals surface area (Å²) < 4.78 is 9.91. The molecule has 0 aliphatic rings. The SMILES string of the molecule is COC(=O)c1cncc(OCCC(C)C)n1. The van der Waals surface area contributed by atoms with Gasteiger partial charge < -0.3 is 9.47 Å². The molecule has 1 aromatic rings. The number of hydrogen-bond donors (Lipinski definition) is 0. The predicted molar refractivity (Wildman–Crippen MR) is 58.3 cm³/mol. The van der Waals surface area contributed by atoms with Crippen molar-refractivity contribution in [3.05, 3.63) is 18.1 Å². The molecule has 0 aliphatic heterocycles. The zero-order valence-corrected chi connectivity index (χ0v) is 9.77. The highest BCUT2D eigenvalue weighted by Gasteiger charge is 2.08. The Morgan fingerprint density at radius 2 is 2.19 bits per heavy atom. The summed E-state index contributed by atoms with van der Waals surface area (Å²) >= 11 is 0. The van der Waals surface area contributed by atoms with Crippen molar-refractivity contribution in [3.8, 4) is 5.88 Å². The van der Waals surface area contributed by atoms with Crippen LogP contribution >= 0.6 is 0 Å². The topological polar surface area (TPSA) is 61.3 Å². The van der Waals surface area contributed by atoms with Crippen LogP contribution in [0.4, 0.5) is 0 Å². The summed E-state index contributed by atoms with van der Waals surface area (Å²) in [5, 5.41) is 0. The Labute approximate surface area is 94.8 Å². The van der Waals surface area contributed by atoms with Gasteiger partial charge in [-0.3, -0.25) is 4.98 Å². The average molecular weight is 224 g/mol. The van der Waals surface area contributed by atoms with Gasteiger partial charge in [-0.25, -0.2) is 9.78 Å². The van der Waals surface area contributed by atoms with Crippen LogP contribution in [0.3, 0.4) is 0 Å². The normalized spacial score (nSPS) is 10.2. The van der Waals surface area contributed by atoms with Gasteiger partial charge in [0.1, 0.15) is 0 Å². The van der Waals surface area contributed by atoms with E-state index in [1.807, 2.05) is 0 Å². The Morgan fingerprint density at radius 1 is 1.44 bits per heavy atom. The maximum atomic E-state index is 11.2. The third kappa shape index (κ3) is 3.84. The van der Waals surface area contributed by atoms with Crippen molar-refractivity contribution in [1.29, 1.82) is 0 Å². The molecular weight excluding hydrogens is 208 g/mol. The van der Waals surface area contributed by atoms with E-state index in [2.05, 4.69) is 28.6 Å². The lowest BCUT2D eigenvalue weighted by molar-refractivity contribution is 0.0592. The first-order valence-corrected chi connectivity index (χ1v) is 5.16. The van der Waals surface area contributed by atoms with Gasteiger partial charge in [-0.05, 0) is 12.3 Å². The van der Waals surface area contributed by atoms with Crippen molar-refractivity contribution < 1.29 is 14.3 Å². The minimum absolute atomic E-state index is 0.157. The summed E-state index contributed by atoms with van der Waals surface area (Å²) in [6, 6.07) is 0. The smallest absolute Gasteiger partial charge is 0.358 e. The Balaban J connectivity index is 2.57. The van der Waals surface area contributed by atoms with Crippen molar-refractivity contribution in [2.24, 2.45) is 5.92 Å². The number of ether oxygens (including phenoxy) is 2. The zero-order valence-electron chi connectivity index (χ0n) is 9.77. The van der Waals surface area contributed by atoms with Gasteiger partial charge in [0, 0.05) is 0 Å². The van der Waals surface area contributed by atoms with Crippen LogP contribution in [0.5, 0.6) is 5.88 Å². The number of esters is 1. The van der Waals surface area contributed by atoms with Crippen LogP contribution in [0.1, 0.15) is 30.8 Å². The number of aromatic nitrogens is 2. The first-order chi connectivity index (χ1) is 7.63. The van der Waals surface area contributed by atoms with Crippen molar-refractivity contribution in [2.75, 3.05) is 13.7 Å². The van der Waals surface area contributed by atoms with E-state index in [1.54, 1.807) is 0 Å². The number of rotatable bonds is 5. The van der Waals surface area contributed by atoms with Crippen LogP contribution in [0, 0.1) is 5.92 Å². The van der Waals surface area contributed by atoms with E-state index in [0.29, 0.717) is 18.4 Å². The number of nitrogens with zero attached hydrogens (tertiary/aromatic N) is 2. The molecule has 0 fully saturated rings. The van der Waals surface area contributed by atoms with Crippen LogP contribution in [-0.4, -0.2) is 29.7 Å². The van der Waals surface area contributed by atoms with Crippen LogP contribution in [0.2, 0.25) is 0 Å². The molecule has 0 N–H and O–H groups in total. The van der Waals surface area contributed by atoms with Gasteiger partial charge in [-0.15, -0.1) is 0 Å². The molecule has 0 saturated heterocycles. The Kier molecular flexibility index (Phi) is 4.69. The highest BCUT2D eigenvalue weighted by Crippen LogP contribution is 2.08. The van der Waals surface area contributed by atoms with Gasteiger partial charge >= 0.3 is 5.97 Å². The molecule has 1 heterocycles. The lowest BCUT2D eigenvalue weighted by Crippen LogP contribution is -2.08. The number of carbonyl (C=O) groups excluding carboxylic acids is 1. The van der Waals surface area contributed by atoms with E-state index >= 15 is 0 Å². The summed E-state index contributed by atoms with van der Waals surface area (Å²) in [5.41, 5.74) is 0.157. The van der Waals surface area contributed by atoms with Gasteiger partial charge in [-0.1, -0.05) is 13.8 Å².